The molecule has 0 saturated heterocycles. The maximum absolute atomic E-state index is 12.5. The highest BCUT2D eigenvalue weighted by Crippen LogP contribution is 2.44. The fraction of sp³-hybridized carbons (Fsp3) is 0.320. The summed E-state index contributed by atoms with van der Waals surface area (Å²) < 4.78 is 33.6. The van der Waals surface area contributed by atoms with Crippen LogP contribution in [0.5, 0.6) is 34.5 Å². The van der Waals surface area contributed by atoms with Crippen molar-refractivity contribution >= 4 is 11.4 Å². The smallest absolute Gasteiger partial charge is 0.203 e. The van der Waals surface area contributed by atoms with Crippen molar-refractivity contribution < 1.29 is 33.2 Å². The number of benzene rings is 2. The molecule has 2 rings (SSSR count). The average Bonchev–Trinajstić information content (AvgIpc) is 2.95. The maximum Gasteiger partial charge on any atom is 0.203 e. The standard InChI is InChI=1S/C25H28N6O7/c1-6-18(32)15-19(16-11-20(33-2)24(21(12-16)34-3)37-9-7-28-30-26)17-13-22(35-4)25(23(14-17)36-5)38-10-8-29-31-27/h6,11-15H,1,7-10H2,2-5H3. The van der Waals surface area contributed by atoms with Crippen molar-refractivity contribution in [3.8, 4) is 34.5 Å². The molecule has 0 amide bonds. The van der Waals surface area contributed by atoms with Crippen LogP contribution in [0.15, 0.2) is 53.2 Å². The van der Waals surface area contributed by atoms with E-state index in [1.807, 2.05) is 0 Å². The lowest BCUT2D eigenvalue weighted by molar-refractivity contribution is -0.110. The summed E-state index contributed by atoms with van der Waals surface area (Å²) >= 11 is 0. The molecule has 0 unspecified atom stereocenters. The normalized spacial score (nSPS) is 9.68. The first-order valence-electron chi connectivity index (χ1n) is 11.2. The van der Waals surface area contributed by atoms with Gasteiger partial charge in [0.2, 0.25) is 11.5 Å². The van der Waals surface area contributed by atoms with Crippen LogP contribution in [-0.4, -0.2) is 60.5 Å². The molecule has 0 aliphatic heterocycles. The lowest BCUT2D eigenvalue weighted by atomic mass is 9.95. The van der Waals surface area contributed by atoms with E-state index in [4.69, 9.17) is 39.5 Å². The predicted octanol–water partition coefficient (Wildman–Crippen LogP) is 5.29. The van der Waals surface area contributed by atoms with Gasteiger partial charge >= 0.3 is 0 Å². The fourth-order valence-corrected chi connectivity index (χ4v) is 3.36. The lowest BCUT2D eigenvalue weighted by Gasteiger charge is -2.19. The highest BCUT2D eigenvalue weighted by molar-refractivity contribution is 6.06. The number of ketones is 1. The molecule has 0 N–H and O–H groups in total. The molecule has 0 bridgehead atoms. The van der Waals surface area contributed by atoms with E-state index in [2.05, 4.69) is 26.6 Å². The van der Waals surface area contributed by atoms with E-state index in [-0.39, 0.29) is 32.1 Å². The van der Waals surface area contributed by atoms with Gasteiger partial charge in [-0.3, -0.25) is 4.79 Å². The monoisotopic (exact) mass is 524 g/mol. The van der Waals surface area contributed by atoms with E-state index >= 15 is 0 Å². The number of hydrogen-bond donors (Lipinski definition) is 0. The van der Waals surface area contributed by atoms with Crippen LogP contribution in [0.1, 0.15) is 11.1 Å². The van der Waals surface area contributed by atoms with Gasteiger partial charge in [0.05, 0.1) is 54.7 Å². The molecule has 0 aliphatic carbocycles. The van der Waals surface area contributed by atoms with Crippen molar-refractivity contribution in [1.82, 2.24) is 0 Å². The van der Waals surface area contributed by atoms with Crippen LogP contribution in [0.2, 0.25) is 0 Å². The van der Waals surface area contributed by atoms with Gasteiger partial charge in [-0.2, -0.15) is 0 Å². The number of azide groups is 2. The number of carbonyl (C=O) groups excluding carboxylic acids is 1. The number of methoxy groups -OCH3 is 4. The number of hydrogen-bond acceptors (Lipinski definition) is 9. The molecule has 0 aliphatic rings. The molecule has 0 aromatic heterocycles. The molecule has 0 radical (unpaired) electrons. The second-order valence-corrected chi connectivity index (χ2v) is 7.19. The Bertz CT molecular complexity index is 1150. The number of rotatable bonds is 16. The third kappa shape index (κ3) is 7.50. The van der Waals surface area contributed by atoms with E-state index in [1.54, 1.807) is 24.3 Å². The van der Waals surface area contributed by atoms with Gasteiger partial charge < -0.3 is 28.4 Å². The molecule has 13 nitrogen and oxygen atoms in total. The molecule has 0 saturated carbocycles. The van der Waals surface area contributed by atoms with E-state index < -0.39 is 0 Å². The van der Waals surface area contributed by atoms with Gasteiger partial charge in [-0.25, -0.2) is 0 Å². The van der Waals surface area contributed by atoms with E-state index in [0.717, 1.165) is 0 Å². The Hall–Kier alpha value is -4.99. The first kappa shape index (κ1) is 29.2. The Morgan fingerprint density at radius 3 is 1.45 bits per heavy atom. The lowest BCUT2D eigenvalue weighted by Crippen LogP contribution is -2.06. The molecular formula is C25H28N6O7. The summed E-state index contributed by atoms with van der Waals surface area (Å²) in [4.78, 5) is 17.9. The largest absolute Gasteiger partial charge is 0.493 e. The van der Waals surface area contributed by atoms with E-state index in [9.17, 15) is 4.79 Å². The Balaban J connectivity index is 2.68. The molecule has 2 aromatic rings. The molecule has 2 aromatic carbocycles. The SMILES string of the molecule is C=CC(=O)C=C(c1cc(OC)c(OCCN=[N+]=[N-])c(OC)c1)c1cc(OC)c(OCCN=[N+]=[N-])c(OC)c1. The number of ether oxygens (including phenoxy) is 6. The molecule has 38 heavy (non-hydrogen) atoms. The van der Waals surface area contributed by atoms with Crippen molar-refractivity contribution in [3.05, 3.63) is 75.0 Å². The summed E-state index contributed by atoms with van der Waals surface area (Å²) in [5.41, 5.74) is 18.6. The van der Waals surface area contributed by atoms with Gasteiger partial charge in [-0.15, -0.1) is 0 Å². The predicted molar refractivity (Wildman–Crippen MR) is 140 cm³/mol. The van der Waals surface area contributed by atoms with Crippen molar-refractivity contribution in [2.75, 3.05) is 54.7 Å². The van der Waals surface area contributed by atoms with Gasteiger partial charge in [0.15, 0.2) is 28.8 Å². The maximum atomic E-state index is 12.5. The molecule has 0 heterocycles. The van der Waals surface area contributed by atoms with Crippen molar-refractivity contribution in [2.24, 2.45) is 10.2 Å². The quantitative estimate of drug-likeness (QED) is 0.0944. The molecule has 0 atom stereocenters. The first-order valence-corrected chi connectivity index (χ1v) is 11.2. The van der Waals surface area contributed by atoms with Crippen LogP contribution in [0.4, 0.5) is 0 Å². The zero-order valence-electron chi connectivity index (χ0n) is 21.5. The topological polar surface area (TPSA) is 170 Å². The summed E-state index contributed by atoms with van der Waals surface area (Å²) in [5, 5.41) is 6.91. The molecule has 0 spiro atoms. The van der Waals surface area contributed by atoms with Crippen LogP contribution in [-0.2, 0) is 4.79 Å². The minimum absolute atomic E-state index is 0.101. The summed E-state index contributed by atoms with van der Waals surface area (Å²) in [6, 6.07) is 6.71. The second-order valence-electron chi connectivity index (χ2n) is 7.19. The highest BCUT2D eigenvalue weighted by Gasteiger charge is 2.21. The number of nitrogens with zero attached hydrogens (tertiary/aromatic N) is 6. The van der Waals surface area contributed by atoms with Crippen LogP contribution in [0.3, 0.4) is 0 Å². The van der Waals surface area contributed by atoms with Crippen molar-refractivity contribution in [1.29, 1.82) is 0 Å². The molecule has 0 fully saturated rings. The van der Waals surface area contributed by atoms with Gasteiger partial charge in [0.1, 0.15) is 0 Å². The summed E-state index contributed by atoms with van der Waals surface area (Å²) in [6.45, 7) is 3.98. The zero-order chi connectivity index (χ0) is 27.9. The zero-order valence-corrected chi connectivity index (χ0v) is 21.5. The van der Waals surface area contributed by atoms with Gasteiger partial charge in [-0.05, 0) is 64.2 Å². The Morgan fingerprint density at radius 2 is 1.16 bits per heavy atom. The minimum atomic E-state index is -0.347. The van der Waals surface area contributed by atoms with Crippen LogP contribution >= 0.6 is 0 Å². The number of carbonyl (C=O) groups is 1. The molecule has 13 heteroatoms. The summed E-state index contributed by atoms with van der Waals surface area (Å²) in [6.07, 6.45) is 2.59. The minimum Gasteiger partial charge on any atom is -0.493 e. The second kappa shape index (κ2) is 15.2. The first-order chi connectivity index (χ1) is 18.5. The van der Waals surface area contributed by atoms with Crippen LogP contribution < -0.4 is 28.4 Å². The summed E-state index contributed by atoms with van der Waals surface area (Å²) in [7, 11) is 5.86. The third-order valence-electron chi connectivity index (χ3n) is 5.03. The Labute approximate surface area is 219 Å². The molecular weight excluding hydrogens is 496 g/mol. The van der Waals surface area contributed by atoms with Gasteiger partial charge in [-0.1, -0.05) is 16.8 Å². The number of allylic oxidation sites excluding steroid dienone is 2. The van der Waals surface area contributed by atoms with E-state index in [0.29, 0.717) is 51.2 Å². The average molecular weight is 525 g/mol. The van der Waals surface area contributed by atoms with E-state index in [1.165, 1.54) is 40.6 Å². The van der Waals surface area contributed by atoms with Crippen LogP contribution in [0.25, 0.3) is 26.5 Å². The van der Waals surface area contributed by atoms with Gasteiger partial charge in [0, 0.05) is 9.82 Å². The molecule has 200 valence electrons. The highest BCUT2D eigenvalue weighted by atomic mass is 16.5. The van der Waals surface area contributed by atoms with Gasteiger partial charge in [0.25, 0.3) is 0 Å². The van der Waals surface area contributed by atoms with Crippen LogP contribution in [0, 0.1) is 0 Å². The fourth-order valence-electron chi connectivity index (χ4n) is 3.36. The van der Waals surface area contributed by atoms with Crippen molar-refractivity contribution in [2.45, 2.75) is 0 Å². The Morgan fingerprint density at radius 1 is 0.789 bits per heavy atom. The van der Waals surface area contributed by atoms with Crippen molar-refractivity contribution in [3.63, 3.8) is 0 Å². The summed E-state index contributed by atoms with van der Waals surface area (Å²) in [5.74, 6) is 1.58. The Kier molecular flexibility index (Phi) is 11.7. The third-order valence-corrected chi connectivity index (χ3v) is 5.03.